The molecule has 0 aliphatic carbocycles. The number of rotatable bonds is 1. The van der Waals surface area contributed by atoms with E-state index in [1.54, 1.807) is 6.07 Å². The summed E-state index contributed by atoms with van der Waals surface area (Å²) in [5.41, 5.74) is 0.557. The first kappa shape index (κ1) is 11.5. The number of halogens is 1. The summed E-state index contributed by atoms with van der Waals surface area (Å²) in [6.45, 7) is 6.92. The first-order valence-corrected chi connectivity index (χ1v) is 5.51. The number of aromatic nitrogens is 1. The molecular formula is C12H17FN2O. The highest BCUT2D eigenvalue weighted by Gasteiger charge is 2.34. The molecule has 1 aromatic rings. The maximum absolute atomic E-state index is 12.8. The first-order chi connectivity index (χ1) is 7.48. The normalized spacial score (nSPS) is 29.0. The number of pyridine rings is 1. The summed E-state index contributed by atoms with van der Waals surface area (Å²) in [5, 5.41) is 3.38. The van der Waals surface area contributed by atoms with Gasteiger partial charge in [-0.15, -0.1) is 0 Å². The number of nitrogens with zero attached hydrogens (tertiary/aromatic N) is 1. The van der Waals surface area contributed by atoms with E-state index in [-0.39, 0.29) is 23.6 Å². The van der Waals surface area contributed by atoms with Crippen LogP contribution >= 0.6 is 0 Å². The van der Waals surface area contributed by atoms with Gasteiger partial charge in [-0.3, -0.25) is 4.98 Å². The third-order valence-corrected chi connectivity index (χ3v) is 2.79. The molecule has 0 spiro atoms. The van der Waals surface area contributed by atoms with E-state index in [2.05, 4.69) is 10.3 Å². The number of ether oxygens (including phenoxy) is 1. The molecule has 2 rings (SSSR count). The van der Waals surface area contributed by atoms with E-state index in [0.717, 1.165) is 12.2 Å². The van der Waals surface area contributed by atoms with Crippen LogP contribution < -0.4 is 5.32 Å². The smallest absolute Gasteiger partial charge is 0.141 e. The lowest BCUT2D eigenvalue weighted by molar-refractivity contribution is -0.116. The lowest BCUT2D eigenvalue weighted by atomic mass is 10.0. The molecule has 1 N–H and O–H groups in total. The zero-order valence-corrected chi connectivity index (χ0v) is 9.83. The zero-order valence-electron chi connectivity index (χ0n) is 9.83. The van der Waals surface area contributed by atoms with Gasteiger partial charge in [-0.1, -0.05) is 0 Å². The molecule has 0 bridgehead atoms. The average molecular weight is 224 g/mol. The van der Waals surface area contributed by atoms with Crippen LogP contribution in [0, 0.1) is 5.82 Å². The fourth-order valence-corrected chi connectivity index (χ4v) is 1.87. The lowest BCUT2D eigenvalue weighted by Crippen LogP contribution is -2.51. The summed E-state index contributed by atoms with van der Waals surface area (Å²) in [6.07, 6.45) is 1.11. The molecule has 16 heavy (non-hydrogen) atoms. The highest BCUT2D eigenvalue weighted by atomic mass is 19.1. The molecule has 1 saturated heterocycles. The molecule has 1 aromatic heterocycles. The molecule has 2 unspecified atom stereocenters. The van der Waals surface area contributed by atoms with Crippen molar-refractivity contribution in [3.63, 3.8) is 0 Å². The van der Waals surface area contributed by atoms with Crippen LogP contribution in [-0.4, -0.2) is 23.2 Å². The van der Waals surface area contributed by atoms with Crippen molar-refractivity contribution < 1.29 is 9.13 Å². The molecule has 1 aliphatic rings. The number of hydrogen-bond acceptors (Lipinski definition) is 3. The fourth-order valence-electron chi connectivity index (χ4n) is 1.87. The first-order valence-electron chi connectivity index (χ1n) is 5.51. The van der Waals surface area contributed by atoms with E-state index in [1.807, 2.05) is 20.8 Å². The second-order valence-corrected chi connectivity index (χ2v) is 4.87. The van der Waals surface area contributed by atoms with Crippen molar-refractivity contribution in [2.75, 3.05) is 6.54 Å². The largest absolute Gasteiger partial charge is 0.363 e. The number of hydrogen-bond donors (Lipinski definition) is 1. The molecule has 0 aromatic carbocycles. The summed E-state index contributed by atoms with van der Waals surface area (Å²) >= 11 is 0. The molecule has 3 nitrogen and oxygen atoms in total. The van der Waals surface area contributed by atoms with Crippen LogP contribution in [-0.2, 0) is 4.74 Å². The summed E-state index contributed by atoms with van der Waals surface area (Å²) in [4.78, 5) is 4.08. The van der Waals surface area contributed by atoms with E-state index in [9.17, 15) is 4.39 Å². The van der Waals surface area contributed by atoms with Crippen LogP contribution in [0.5, 0.6) is 0 Å². The van der Waals surface area contributed by atoms with Crippen LogP contribution in [0.15, 0.2) is 18.3 Å². The Morgan fingerprint density at radius 2 is 2.25 bits per heavy atom. The van der Waals surface area contributed by atoms with Crippen LogP contribution in [0.25, 0.3) is 0 Å². The van der Waals surface area contributed by atoms with Crippen molar-refractivity contribution >= 4 is 0 Å². The van der Waals surface area contributed by atoms with E-state index >= 15 is 0 Å². The Morgan fingerprint density at radius 1 is 1.50 bits per heavy atom. The van der Waals surface area contributed by atoms with Crippen molar-refractivity contribution in [1.29, 1.82) is 0 Å². The molecule has 2 atom stereocenters. The second kappa shape index (κ2) is 4.11. The maximum atomic E-state index is 12.8. The van der Waals surface area contributed by atoms with Gasteiger partial charge in [0.15, 0.2) is 0 Å². The van der Waals surface area contributed by atoms with Crippen molar-refractivity contribution in [3.8, 4) is 0 Å². The predicted molar refractivity (Wildman–Crippen MR) is 59.6 cm³/mol. The van der Waals surface area contributed by atoms with Crippen molar-refractivity contribution in [3.05, 3.63) is 29.8 Å². The van der Waals surface area contributed by atoms with Gasteiger partial charge in [0, 0.05) is 12.6 Å². The molecule has 2 heterocycles. The Labute approximate surface area is 95.0 Å². The highest BCUT2D eigenvalue weighted by molar-refractivity contribution is 5.11. The summed E-state index contributed by atoms with van der Waals surface area (Å²) < 4.78 is 18.7. The van der Waals surface area contributed by atoms with Crippen LogP contribution in [0.2, 0.25) is 0 Å². The standard InChI is InChI=1S/C12H17FN2O/c1-8-11(16-12(2,3)7-15-8)10-5-4-9(13)6-14-10/h4-6,8,11,15H,7H2,1-3H3. The van der Waals surface area contributed by atoms with Crippen molar-refractivity contribution in [2.24, 2.45) is 0 Å². The van der Waals surface area contributed by atoms with E-state index in [0.29, 0.717) is 0 Å². The molecule has 88 valence electrons. The minimum absolute atomic E-state index is 0.121. The molecule has 1 aliphatic heterocycles. The third-order valence-electron chi connectivity index (χ3n) is 2.79. The minimum Gasteiger partial charge on any atom is -0.363 e. The Morgan fingerprint density at radius 3 is 2.88 bits per heavy atom. The summed E-state index contributed by atoms with van der Waals surface area (Å²) in [6, 6.07) is 3.28. The zero-order chi connectivity index (χ0) is 11.8. The SMILES string of the molecule is CC1NCC(C)(C)OC1c1ccc(F)cn1. The van der Waals surface area contributed by atoms with Gasteiger partial charge in [-0.05, 0) is 32.9 Å². The highest BCUT2D eigenvalue weighted by Crippen LogP contribution is 2.29. The van der Waals surface area contributed by atoms with Gasteiger partial charge < -0.3 is 10.1 Å². The number of morpholine rings is 1. The molecular weight excluding hydrogens is 207 g/mol. The monoisotopic (exact) mass is 224 g/mol. The second-order valence-electron chi connectivity index (χ2n) is 4.87. The number of nitrogens with one attached hydrogen (secondary N) is 1. The van der Waals surface area contributed by atoms with Crippen LogP contribution in [0.4, 0.5) is 4.39 Å². The van der Waals surface area contributed by atoms with Gasteiger partial charge in [0.1, 0.15) is 11.9 Å². The Hall–Kier alpha value is -1.00. The Balaban J connectivity index is 2.21. The van der Waals surface area contributed by atoms with Gasteiger partial charge in [-0.25, -0.2) is 4.39 Å². The predicted octanol–water partition coefficient (Wildman–Crippen LogP) is 2.05. The molecule has 0 saturated carbocycles. The van der Waals surface area contributed by atoms with E-state index < -0.39 is 0 Å². The fraction of sp³-hybridized carbons (Fsp3) is 0.583. The Bertz CT molecular complexity index is 364. The van der Waals surface area contributed by atoms with Gasteiger partial charge in [-0.2, -0.15) is 0 Å². The molecule has 1 fully saturated rings. The molecule has 0 radical (unpaired) electrons. The van der Waals surface area contributed by atoms with Gasteiger partial charge in [0.2, 0.25) is 0 Å². The van der Waals surface area contributed by atoms with Crippen LogP contribution in [0.3, 0.4) is 0 Å². The van der Waals surface area contributed by atoms with Gasteiger partial charge >= 0.3 is 0 Å². The van der Waals surface area contributed by atoms with Crippen molar-refractivity contribution in [2.45, 2.75) is 38.5 Å². The average Bonchev–Trinajstić information content (AvgIpc) is 2.23. The van der Waals surface area contributed by atoms with E-state index in [1.165, 1.54) is 12.3 Å². The summed E-state index contributed by atoms with van der Waals surface area (Å²) in [7, 11) is 0. The summed E-state index contributed by atoms with van der Waals surface area (Å²) in [5.74, 6) is -0.320. The molecule has 4 heteroatoms. The van der Waals surface area contributed by atoms with E-state index in [4.69, 9.17) is 4.74 Å². The Kier molecular flexibility index (Phi) is 2.95. The molecule has 0 amide bonds. The minimum atomic E-state index is -0.320. The third kappa shape index (κ3) is 2.39. The van der Waals surface area contributed by atoms with Crippen LogP contribution in [0.1, 0.15) is 32.6 Å². The van der Waals surface area contributed by atoms with Gasteiger partial charge in [0.05, 0.1) is 17.5 Å². The maximum Gasteiger partial charge on any atom is 0.141 e. The topological polar surface area (TPSA) is 34.1 Å². The quantitative estimate of drug-likeness (QED) is 0.792. The lowest BCUT2D eigenvalue weighted by Gasteiger charge is -2.40. The van der Waals surface area contributed by atoms with Gasteiger partial charge in [0.25, 0.3) is 0 Å². The van der Waals surface area contributed by atoms with Crippen molar-refractivity contribution in [1.82, 2.24) is 10.3 Å².